The summed E-state index contributed by atoms with van der Waals surface area (Å²) in [4.78, 5) is 28.2. The number of carbonyl (C=O) groups is 2. The zero-order valence-corrected chi connectivity index (χ0v) is 17.5. The summed E-state index contributed by atoms with van der Waals surface area (Å²) in [5.41, 5.74) is 2.97. The number of anilines is 1. The first kappa shape index (κ1) is 20.2. The number of benzene rings is 2. The van der Waals surface area contributed by atoms with Gasteiger partial charge in [-0.2, -0.15) is 0 Å². The van der Waals surface area contributed by atoms with Crippen LogP contribution in [0.1, 0.15) is 38.8 Å². The number of thioether (sulfide) groups is 1. The van der Waals surface area contributed by atoms with Crippen molar-refractivity contribution in [2.45, 2.75) is 39.4 Å². The SMILES string of the molecule is CCOc1ccc(C2=C(SC(C)C)C(=O)N(c3ccc(CC)cc3)C2=O)cc1. The minimum Gasteiger partial charge on any atom is -0.494 e. The molecule has 5 heteroatoms. The number of ether oxygens (including phenoxy) is 1. The Bertz CT molecular complexity index is 898. The minimum absolute atomic E-state index is 0.187. The maximum absolute atomic E-state index is 13.3. The third-order valence-electron chi connectivity index (χ3n) is 4.45. The maximum Gasteiger partial charge on any atom is 0.272 e. The van der Waals surface area contributed by atoms with Gasteiger partial charge in [-0.05, 0) is 48.7 Å². The van der Waals surface area contributed by atoms with Gasteiger partial charge in [-0.25, -0.2) is 4.90 Å². The fraction of sp³-hybridized carbons (Fsp3) is 0.304. The van der Waals surface area contributed by atoms with Crippen LogP contribution in [0.3, 0.4) is 0 Å². The first-order valence-electron chi connectivity index (χ1n) is 9.58. The predicted octanol–water partition coefficient (Wildman–Crippen LogP) is 5.07. The highest BCUT2D eigenvalue weighted by atomic mass is 32.2. The molecule has 0 fully saturated rings. The molecule has 4 nitrogen and oxygen atoms in total. The Kier molecular flexibility index (Phi) is 6.25. The molecule has 0 bridgehead atoms. The van der Waals surface area contributed by atoms with Gasteiger partial charge in [0.1, 0.15) is 5.75 Å². The number of nitrogens with zero attached hydrogens (tertiary/aromatic N) is 1. The highest BCUT2D eigenvalue weighted by molar-refractivity contribution is 8.04. The first-order valence-corrected chi connectivity index (χ1v) is 10.5. The van der Waals surface area contributed by atoms with E-state index in [0.717, 1.165) is 17.7 Å². The molecule has 0 atom stereocenters. The molecule has 28 heavy (non-hydrogen) atoms. The number of hydrogen-bond donors (Lipinski definition) is 0. The summed E-state index contributed by atoms with van der Waals surface area (Å²) in [7, 11) is 0. The highest BCUT2D eigenvalue weighted by Crippen LogP contribution is 2.40. The largest absolute Gasteiger partial charge is 0.494 e. The van der Waals surface area contributed by atoms with Gasteiger partial charge in [-0.15, -0.1) is 11.8 Å². The lowest BCUT2D eigenvalue weighted by molar-refractivity contribution is -0.119. The Hall–Kier alpha value is -2.53. The molecular weight excluding hydrogens is 370 g/mol. The van der Waals surface area contributed by atoms with Crippen LogP contribution in [0.15, 0.2) is 53.4 Å². The van der Waals surface area contributed by atoms with Crippen LogP contribution in [-0.2, 0) is 16.0 Å². The van der Waals surface area contributed by atoms with E-state index in [-0.39, 0.29) is 17.1 Å². The van der Waals surface area contributed by atoms with Crippen LogP contribution in [-0.4, -0.2) is 23.7 Å². The summed E-state index contributed by atoms with van der Waals surface area (Å²) in [6.45, 7) is 8.61. The Labute approximate surface area is 170 Å². The lowest BCUT2D eigenvalue weighted by Crippen LogP contribution is -2.31. The summed E-state index contributed by atoms with van der Waals surface area (Å²) >= 11 is 1.43. The van der Waals surface area contributed by atoms with Gasteiger partial charge >= 0.3 is 0 Å². The third kappa shape index (κ3) is 3.99. The lowest BCUT2D eigenvalue weighted by Gasteiger charge is -2.16. The Morgan fingerprint density at radius 3 is 2.11 bits per heavy atom. The minimum atomic E-state index is -0.276. The quantitative estimate of drug-likeness (QED) is 0.614. The van der Waals surface area contributed by atoms with Gasteiger partial charge in [0.25, 0.3) is 11.8 Å². The molecule has 146 valence electrons. The molecule has 0 radical (unpaired) electrons. The topological polar surface area (TPSA) is 46.6 Å². The fourth-order valence-corrected chi connectivity index (χ4v) is 4.10. The molecule has 1 heterocycles. The van der Waals surface area contributed by atoms with E-state index < -0.39 is 0 Å². The summed E-state index contributed by atoms with van der Waals surface area (Å²) in [6.07, 6.45) is 0.909. The van der Waals surface area contributed by atoms with E-state index in [2.05, 4.69) is 6.92 Å². The van der Waals surface area contributed by atoms with Crippen LogP contribution in [0.2, 0.25) is 0 Å². The standard InChI is InChI=1S/C23H25NO3S/c1-5-16-7-11-18(12-8-16)24-22(25)20(21(23(24)26)28-15(3)4)17-9-13-19(14-10-17)27-6-2/h7-15H,5-6H2,1-4H3. The second kappa shape index (κ2) is 8.65. The molecule has 2 aromatic carbocycles. The molecule has 0 aliphatic carbocycles. The van der Waals surface area contributed by atoms with Gasteiger partial charge < -0.3 is 4.74 Å². The van der Waals surface area contributed by atoms with Crippen molar-refractivity contribution in [1.82, 2.24) is 0 Å². The van der Waals surface area contributed by atoms with Gasteiger partial charge in [0.05, 0.1) is 22.8 Å². The molecule has 3 rings (SSSR count). The second-order valence-electron chi connectivity index (χ2n) is 6.79. The van der Waals surface area contributed by atoms with Crippen molar-refractivity contribution in [3.8, 4) is 5.75 Å². The Balaban J connectivity index is 2.01. The van der Waals surface area contributed by atoms with Crippen LogP contribution >= 0.6 is 11.8 Å². The molecule has 2 aromatic rings. The number of hydrogen-bond acceptors (Lipinski definition) is 4. The normalized spacial score (nSPS) is 14.4. The number of imide groups is 1. The monoisotopic (exact) mass is 395 g/mol. The smallest absolute Gasteiger partial charge is 0.272 e. The van der Waals surface area contributed by atoms with Crippen molar-refractivity contribution in [2.24, 2.45) is 0 Å². The molecule has 0 spiro atoms. The summed E-state index contributed by atoms with van der Waals surface area (Å²) in [5, 5.41) is 0.187. The molecule has 0 saturated heterocycles. The van der Waals surface area contributed by atoms with Crippen molar-refractivity contribution >= 4 is 34.8 Å². The first-order chi connectivity index (χ1) is 13.5. The van der Waals surface area contributed by atoms with Crippen molar-refractivity contribution in [1.29, 1.82) is 0 Å². The van der Waals surface area contributed by atoms with Gasteiger partial charge in [-0.1, -0.05) is 45.0 Å². The van der Waals surface area contributed by atoms with Crippen molar-refractivity contribution < 1.29 is 14.3 Å². The molecule has 0 saturated carbocycles. The van der Waals surface area contributed by atoms with E-state index in [0.29, 0.717) is 22.8 Å². The van der Waals surface area contributed by atoms with E-state index in [1.807, 2.05) is 69.3 Å². The van der Waals surface area contributed by atoms with Crippen molar-refractivity contribution in [3.05, 3.63) is 64.6 Å². The van der Waals surface area contributed by atoms with Crippen LogP contribution in [0.4, 0.5) is 5.69 Å². The van der Waals surface area contributed by atoms with Gasteiger partial charge in [-0.3, -0.25) is 9.59 Å². The predicted molar refractivity (Wildman–Crippen MR) is 116 cm³/mol. The zero-order valence-electron chi connectivity index (χ0n) is 16.7. The number of amides is 2. The molecule has 2 amide bonds. The molecular formula is C23H25NO3S. The van der Waals surface area contributed by atoms with E-state index in [4.69, 9.17) is 4.74 Å². The third-order valence-corrected chi connectivity index (χ3v) is 5.54. The van der Waals surface area contributed by atoms with Crippen LogP contribution in [0, 0.1) is 0 Å². The Morgan fingerprint density at radius 1 is 0.929 bits per heavy atom. The second-order valence-corrected chi connectivity index (χ2v) is 8.38. The fourth-order valence-electron chi connectivity index (χ4n) is 3.11. The number of rotatable bonds is 7. The average molecular weight is 396 g/mol. The highest BCUT2D eigenvalue weighted by Gasteiger charge is 2.40. The van der Waals surface area contributed by atoms with Crippen LogP contribution in [0.5, 0.6) is 5.75 Å². The van der Waals surface area contributed by atoms with Crippen molar-refractivity contribution in [2.75, 3.05) is 11.5 Å². The van der Waals surface area contributed by atoms with E-state index in [1.165, 1.54) is 22.2 Å². The number of carbonyl (C=O) groups excluding carboxylic acids is 2. The van der Waals surface area contributed by atoms with Gasteiger partial charge in [0, 0.05) is 5.25 Å². The van der Waals surface area contributed by atoms with E-state index >= 15 is 0 Å². The summed E-state index contributed by atoms with van der Waals surface area (Å²) < 4.78 is 5.49. The molecule has 0 unspecified atom stereocenters. The maximum atomic E-state index is 13.3. The summed E-state index contributed by atoms with van der Waals surface area (Å²) in [5.74, 6) is 0.215. The molecule has 0 aromatic heterocycles. The lowest BCUT2D eigenvalue weighted by atomic mass is 10.1. The van der Waals surface area contributed by atoms with E-state index in [1.54, 1.807) is 0 Å². The van der Waals surface area contributed by atoms with Crippen LogP contribution in [0.25, 0.3) is 5.57 Å². The van der Waals surface area contributed by atoms with Gasteiger partial charge in [0.2, 0.25) is 0 Å². The number of aryl methyl sites for hydroxylation is 1. The van der Waals surface area contributed by atoms with Crippen molar-refractivity contribution in [3.63, 3.8) is 0 Å². The van der Waals surface area contributed by atoms with Crippen LogP contribution < -0.4 is 9.64 Å². The molecule has 1 aliphatic rings. The zero-order chi connectivity index (χ0) is 20.3. The molecule has 1 aliphatic heterocycles. The summed E-state index contributed by atoms with van der Waals surface area (Å²) in [6, 6.07) is 15.0. The average Bonchev–Trinajstić information content (AvgIpc) is 2.92. The van der Waals surface area contributed by atoms with Gasteiger partial charge in [0.15, 0.2) is 0 Å². The molecule has 0 N–H and O–H groups in total. The van der Waals surface area contributed by atoms with E-state index in [9.17, 15) is 9.59 Å². The Morgan fingerprint density at radius 2 is 1.57 bits per heavy atom.